The van der Waals surface area contributed by atoms with E-state index in [-0.39, 0.29) is 0 Å². The van der Waals surface area contributed by atoms with Crippen LogP contribution in [0.3, 0.4) is 0 Å². The highest BCUT2D eigenvalue weighted by atomic mass is 14.5. The van der Waals surface area contributed by atoms with Crippen molar-refractivity contribution in [2.45, 2.75) is 60.8 Å². The van der Waals surface area contributed by atoms with Gasteiger partial charge in [0.05, 0.1) is 0 Å². The van der Waals surface area contributed by atoms with Gasteiger partial charge in [0.1, 0.15) is 0 Å². The molecule has 1 fully saturated rings. The van der Waals surface area contributed by atoms with Gasteiger partial charge in [0.25, 0.3) is 0 Å². The van der Waals surface area contributed by atoms with E-state index in [1.807, 2.05) is 0 Å². The molecule has 1 aliphatic carbocycles. The number of hydrogen-bond donors (Lipinski definition) is 0. The highest BCUT2D eigenvalue weighted by molar-refractivity contribution is 4.95. The van der Waals surface area contributed by atoms with Crippen molar-refractivity contribution in [1.82, 2.24) is 0 Å². The van der Waals surface area contributed by atoms with Gasteiger partial charge in [0.15, 0.2) is 0 Å². The van der Waals surface area contributed by atoms with E-state index < -0.39 is 0 Å². The Morgan fingerprint density at radius 1 is 1.08 bits per heavy atom. The largest absolute Gasteiger partial charge is 0.0625 e. The fraction of sp³-hybridized carbons (Fsp3) is 1.00. The molecule has 78 valence electrons. The van der Waals surface area contributed by atoms with Gasteiger partial charge in [-0.05, 0) is 35.5 Å². The van der Waals surface area contributed by atoms with Crippen LogP contribution < -0.4 is 0 Å². The first-order valence-electron chi connectivity index (χ1n) is 5.79. The summed E-state index contributed by atoms with van der Waals surface area (Å²) < 4.78 is 0. The predicted octanol–water partition coefficient (Wildman–Crippen LogP) is 4.49. The minimum Gasteiger partial charge on any atom is -0.0625 e. The molecule has 1 atom stereocenters. The standard InChI is InChI=1S/C13H26/c1-10(2)11-8-7-9-12(3,4)13(11,5)6/h10-11H,7-9H2,1-6H3. The van der Waals surface area contributed by atoms with Crippen LogP contribution in [0.5, 0.6) is 0 Å². The molecule has 0 saturated heterocycles. The Hall–Kier alpha value is 0. The van der Waals surface area contributed by atoms with Crippen molar-refractivity contribution in [3.63, 3.8) is 0 Å². The van der Waals surface area contributed by atoms with Crippen LogP contribution in [-0.4, -0.2) is 0 Å². The minimum atomic E-state index is 0.513. The molecule has 0 spiro atoms. The first-order valence-corrected chi connectivity index (χ1v) is 5.79. The Morgan fingerprint density at radius 2 is 1.62 bits per heavy atom. The first-order chi connectivity index (χ1) is 5.79. The lowest BCUT2D eigenvalue weighted by molar-refractivity contribution is -0.0307. The maximum absolute atomic E-state index is 2.47. The topological polar surface area (TPSA) is 0 Å². The van der Waals surface area contributed by atoms with Crippen molar-refractivity contribution in [1.29, 1.82) is 0 Å². The summed E-state index contributed by atoms with van der Waals surface area (Å²) in [7, 11) is 0. The summed E-state index contributed by atoms with van der Waals surface area (Å²) in [6.07, 6.45) is 4.27. The zero-order chi connectivity index (χ0) is 10.3. The highest BCUT2D eigenvalue weighted by Gasteiger charge is 2.46. The monoisotopic (exact) mass is 182 g/mol. The van der Waals surface area contributed by atoms with Gasteiger partial charge in [0, 0.05) is 0 Å². The Labute approximate surface area is 84.1 Å². The third kappa shape index (κ3) is 1.78. The van der Waals surface area contributed by atoms with Gasteiger partial charge in [-0.1, -0.05) is 48.0 Å². The van der Waals surface area contributed by atoms with Crippen LogP contribution in [0.15, 0.2) is 0 Å². The molecule has 0 bridgehead atoms. The molecule has 1 saturated carbocycles. The van der Waals surface area contributed by atoms with Gasteiger partial charge >= 0.3 is 0 Å². The number of hydrogen-bond acceptors (Lipinski definition) is 0. The number of rotatable bonds is 1. The van der Waals surface area contributed by atoms with Crippen LogP contribution in [0.25, 0.3) is 0 Å². The molecule has 0 radical (unpaired) electrons. The molecule has 0 aliphatic heterocycles. The normalized spacial score (nSPS) is 32.1. The molecule has 0 heteroatoms. The van der Waals surface area contributed by atoms with Gasteiger partial charge in [-0.3, -0.25) is 0 Å². The smallest absolute Gasteiger partial charge is 0.0272 e. The van der Waals surface area contributed by atoms with Crippen LogP contribution in [0.1, 0.15) is 60.8 Å². The average molecular weight is 182 g/mol. The summed E-state index contributed by atoms with van der Waals surface area (Å²) in [4.78, 5) is 0. The van der Waals surface area contributed by atoms with Crippen molar-refractivity contribution < 1.29 is 0 Å². The Balaban J connectivity index is 2.88. The summed E-state index contributed by atoms with van der Waals surface area (Å²) in [5, 5.41) is 0. The fourth-order valence-corrected chi connectivity index (χ4v) is 3.12. The Morgan fingerprint density at radius 3 is 2.00 bits per heavy atom. The SMILES string of the molecule is CC(C)C1CCCC(C)(C)C1(C)C. The zero-order valence-corrected chi connectivity index (χ0v) is 10.3. The van der Waals surface area contributed by atoms with Crippen molar-refractivity contribution in [3.05, 3.63) is 0 Å². The summed E-state index contributed by atoms with van der Waals surface area (Å²) in [5.74, 6) is 1.76. The molecule has 0 aromatic heterocycles. The second kappa shape index (κ2) is 3.29. The van der Waals surface area contributed by atoms with Crippen molar-refractivity contribution in [2.24, 2.45) is 22.7 Å². The lowest BCUT2D eigenvalue weighted by atomic mass is 9.52. The fourth-order valence-electron chi connectivity index (χ4n) is 3.12. The summed E-state index contributed by atoms with van der Waals surface area (Å²) in [6, 6.07) is 0. The predicted molar refractivity (Wildman–Crippen MR) is 59.7 cm³/mol. The van der Waals surface area contributed by atoms with Crippen LogP contribution in [0, 0.1) is 22.7 Å². The van der Waals surface area contributed by atoms with Gasteiger partial charge in [-0.2, -0.15) is 0 Å². The average Bonchev–Trinajstić information content (AvgIpc) is 1.94. The minimum absolute atomic E-state index is 0.513. The van der Waals surface area contributed by atoms with E-state index in [4.69, 9.17) is 0 Å². The van der Waals surface area contributed by atoms with E-state index in [0.29, 0.717) is 10.8 Å². The third-order valence-electron chi connectivity index (χ3n) is 4.79. The molecule has 0 amide bonds. The molecule has 1 unspecified atom stereocenters. The summed E-state index contributed by atoms with van der Waals surface area (Å²) in [5.41, 5.74) is 1.04. The van der Waals surface area contributed by atoms with Crippen LogP contribution in [0.2, 0.25) is 0 Å². The van der Waals surface area contributed by atoms with Crippen LogP contribution in [0.4, 0.5) is 0 Å². The molecule has 0 heterocycles. The Bertz CT molecular complexity index is 174. The third-order valence-corrected chi connectivity index (χ3v) is 4.79. The van der Waals surface area contributed by atoms with Crippen molar-refractivity contribution in [3.8, 4) is 0 Å². The maximum atomic E-state index is 2.47. The van der Waals surface area contributed by atoms with Crippen LogP contribution >= 0.6 is 0 Å². The van der Waals surface area contributed by atoms with E-state index in [1.165, 1.54) is 19.3 Å². The molecule has 0 N–H and O–H groups in total. The molecule has 1 rings (SSSR count). The van der Waals surface area contributed by atoms with E-state index in [0.717, 1.165) is 11.8 Å². The summed E-state index contributed by atoms with van der Waals surface area (Å²) >= 11 is 0. The van der Waals surface area contributed by atoms with Gasteiger partial charge < -0.3 is 0 Å². The maximum Gasteiger partial charge on any atom is -0.0272 e. The molecule has 0 nitrogen and oxygen atoms in total. The van der Waals surface area contributed by atoms with Crippen molar-refractivity contribution in [2.75, 3.05) is 0 Å². The zero-order valence-electron chi connectivity index (χ0n) is 10.3. The molecule has 0 aromatic carbocycles. The summed E-state index contributed by atoms with van der Waals surface area (Å²) in [6.45, 7) is 14.6. The lowest BCUT2D eigenvalue weighted by Crippen LogP contribution is -2.44. The quantitative estimate of drug-likeness (QED) is 0.560. The molecule has 0 aromatic rings. The van der Waals surface area contributed by atoms with E-state index >= 15 is 0 Å². The highest BCUT2D eigenvalue weighted by Crippen LogP contribution is 2.55. The van der Waals surface area contributed by atoms with E-state index in [9.17, 15) is 0 Å². The molecular formula is C13H26. The Kier molecular flexibility index (Phi) is 2.81. The van der Waals surface area contributed by atoms with Gasteiger partial charge in [-0.15, -0.1) is 0 Å². The molecule has 13 heavy (non-hydrogen) atoms. The lowest BCUT2D eigenvalue weighted by Gasteiger charge is -2.53. The van der Waals surface area contributed by atoms with Gasteiger partial charge in [0.2, 0.25) is 0 Å². The van der Waals surface area contributed by atoms with Crippen molar-refractivity contribution >= 4 is 0 Å². The first kappa shape index (κ1) is 11.1. The van der Waals surface area contributed by atoms with Gasteiger partial charge in [-0.25, -0.2) is 0 Å². The molecule has 1 aliphatic rings. The second-order valence-electron chi connectivity index (χ2n) is 6.35. The van der Waals surface area contributed by atoms with E-state index in [1.54, 1.807) is 0 Å². The molecular weight excluding hydrogens is 156 g/mol. The van der Waals surface area contributed by atoms with Crippen LogP contribution in [-0.2, 0) is 0 Å². The second-order valence-corrected chi connectivity index (χ2v) is 6.35. The van der Waals surface area contributed by atoms with E-state index in [2.05, 4.69) is 41.5 Å².